The molecule has 58 heavy (non-hydrogen) atoms. The Morgan fingerprint density at radius 2 is 1.55 bits per heavy atom. The molecule has 3 fully saturated rings. The van der Waals surface area contributed by atoms with Gasteiger partial charge in [-0.25, -0.2) is 0 Å². The van der Waals surface area contributed by atoms with Crippen molar-refractivity contribution >= 4 is 11.7 Å². The summed E-state index contributed by atoms with van der Waals surface area (Å²) >= 11 is 0. The van der Waals surface area contributed by atoms with Crippen molar-refractivity contribution in [2.45, 2.75) is 179 Å². The molecule has 0 spiro atoms. The quantitative estimate of drug-likeness (QED) is 0.0778. The van der Waals surface area contributed by atoms with Crippen LogP contribution in [0.15, 0.2) is 5.16 Å². The Labute approximate surface area is 345 Å². The molecule has 3 rings (SSSR count). The molecule has 3 heterocycles. The van der Waals surface area contributed by atoms with Crippen molar-refractivity contribution < 1.29 is 73.1 Å². The predicted octanol–water partition coefficient (Wildman–Crippen LogP) is 2.21. The van der Waals surface area contributed by atoms with Gasteiger partial charge in [-0.05, 0) is 74.9 Å². The fourth-order valence-electron chi connectivity index (χ4n) is 8.93. The zero-order chi connectivity index (χ0) is 43.9. The number of esters is 1. The SMILES string of the molecule is CC[C@@H]1OC(=O)[C@H](C)[C@H](O[C@@H]2C[C@](C)(OC)[C@H](O)[C@H](C)O2)[C@H](C)[C@H](O[C@@H]2O[C@H](C)C[C@H](N(C)C)[C@@H]2O)[C@](C)(O)C[C@H](C)/C(=N\OCOCCOC)[C@H](C)[C@H](O)[C@@]1(C)O. The molecule has 0 bridgehead atoms. The third-order valence-corrected chi connectivity index (χ3v) is 12.6. The molecule has 3 aliphatic rings. The second-order valence-electron chi connectivity index (χ2n) is 17.7. The molecule has 0 unspecified atom stereocenters. The summed E-state index contributed by atoms with van der Waals surface area (Å²) in [6.07, 6.45) is -9.49. The van der Waals surface area contributed by atoms with Gasteiger partial charge in [0.1, 0.15) is 23.9 Å². The van der Waals surface area contributed by atoms with Gasteiger partial charge in [0.15, 0.2) is 12.6 Å². The number of cyclic esters (lactones) is 1. The van der Waals surface area contributed by atoms with Gasteiger partial charge in [0.05, 0.1) is 66.6 Å². The summed E-state index contributed by atoms with van der Waals surface area (Å²) < 4.78 is 48.1. The Morgan fingerprint density at radius 1 is 0.897 bits per heavy atom. The second-order valence-corrected chi connectivity index (χ2v) is 17.7. The van der Waals surface area contributed by atoms with E-state index in [1.807, 2.05) is 32.8 Å². The molecule has 0 amide bonds. The monoisotopic (exact) mass is 837 g/mol. The molecule has 0 aliphatic carbocycles. The van der Waals surface area contributed by atoms with Crippen molar-refractivity contribution in [1.82, 2.24) is 4.90 Å². The highest BCUT2D eigenvalue weighted by molar-refractivity contribution is 5.88. The molecule has 0 aromatic rings. The summed E-state index contributed by atoms with van der Waals surface area (Å²) in [6, 6.07) is -0.328. The predicted molar refractivity (Wildman–Crippen MR) is 212 cm³/mol. The molecular weight excluding hydrogens is 760 g/mol. The van der Waals surface area contributed by atoms with E-state index in [-0.39, 0.29) is 44.8 Å². The Balaban J connectivity index is 2.22. The maximum Gasteiger partial charge on any atom is 0.311 e. The standard InChI is InChI=1S/C41H76N2O15/c1-15-29-41(10,49)34(45)24(4)31(42-53-21-52-17-16-50-13)22(2)19-39(8,48)36(58-38-32(44)28(43(11)12)18-23(3)54-38)25(5)33(26(6)37(47)56-29)57-30-20-40(9,51-14)35(46)27(7)55-30/h22-30,32-36,38,44-46,48-49H,15-21H2,1-14H3/b42-31+/t22-,23+,24-,25-,26+,27-,28-,29-,30+,32-,33+,34-,35+,36-,38-,39+,40-,41-/m0/s1. The zero-order valence-electron chi connectivity index (χ0n) is 37.3. The Kier molecular flexibility index (Phi) is 18.8. The number of ether oxygens (including phenoxy) is 8. The van der Waals surface area contributed by atoms with Gasteiger partial charge in [0.25, 0.3) is 0 Å². The minimum Gasteiger partial charge on any atom is -0.459 e. The van der Waals surface area contributed by atoms with Crippen LogP contribution in [0, 0.1) is 23.7 Å². The lowest BCUT2D eigenvalue weighted by atomic mass is 9.73. The first kappa shape index (κ1) is 50.8. The molecule has 18 atom stereocenters. The molecular formula is C41H76N2O15. The first-order valence-electron chi connectivity index (χ1n) is 20.8. The summed E-state index contributed by atoms with van der Waals surface area (Å²) in [4.78, 5) is 21.8. The molecule has 17 heteroatoms. The average Bonchev–Trinajstić information content (AvgIpc) is 3.15. The van der Waals surface area contributed by atoms with Gasteiger partial charge in [0, 0.05) is 44.4 Å². The summed E-state index contributed by atoms with van der Waals surface area (Å²) in [6.45, 7) is 17.3. The smallest absolute Gasteiger partial charge is 0.311 e. The van der Waals surface area contributed by atoms with Crippen LogP contribution in [-0.2, 0) is 47.5 Å². The maximum atomic E-state index is 14.3. The normalized spacial score (nSPS) is 45.8. The molecule has 0 aromatic heterocycles. The lowest BCUT2D eigenvalue weighted by Crippen LogP contribution is -2.61. The van der Waals surface area contributed by atoms with Crippen molar-refractivity contribution in [1.29, 1.82) is 0 Å². The van der Waals surface area contributed by atoms with Crippen LogP contribution in [0.1, 0.15) is 94.9 Å². The van der Waals surface area contributed by atoms with Crippen LogP contribution in [0.4, 0.5) is 0 Å². The van der Waals surface area contributed by atoms with Crippen molar-refractivity contribution in [2.24, 2.45) is 28.8 Å². The molecule has 17 nitrogen and oxygen atoms in total. The number of likely N-dealkylation sites (N-methyl/N-ethyl adjacent to an activating group) is 1. The van der Waals surface area contributed by atoms with Gasteiger partial charge in [0.2, 0.25) is 6.79 Å². The first-order valence-corrected chi connectivity index (χ1v) is 20.8. The highest BCUT2D eigenvalue weighted by Crippen LogP contribution is 2.41. The Morgan fingerprint density at radius 3 is 2.14 bits per heavy atom. The number of carbonyl (C=O) groups is 1. The van der Waals surface area contributed by atoms with Crippen molar-refractivity contribution in [2.75, 3.05) is 48.3 Å². The highest BCUT2D eigenvalue weighted by atomic mass is 16.7. The number of hydrogen-bond donors (Lipinski definition) is 5. The van der Waals surface area contributed by atoms with Gasteiger partial charge < -0.3 is 73.2 Å². The minimum absolute atomic E-state index is 0.0307. The fourth-order valence-corrected chi connectivity index (χ4v) is 8.93. The number of rotatable bonds is 13. The molecule has 0 saturated carbocycles. The fraction of sp³-hybridized carbons (Fsp3) is 0.951. The maximum absolute atomic E-state index is 14.3. The number of carbonyl (C=O) groups excluding carboxylic acids is 1. The van der Waals surface area contributed by atoms with Gasteiger partial charge in [-0.3, -0.25) is 4.79 Å². The largest absolute Gasteiger partial charge is 0.459 e. The second kappa shape index (κ2) is 21.5. The Hall–Kier alpha value is -1.58. The first-order chi connectivity index (χ1) is 27.0. The lowest BCUT2D eigenvalue weighted by Gasteiger charge is -2.49. The van der Waals surface area contributed by atoms with Crippen LogP contribution in [0.5, 0.6) is 0 Å². The third-order valence-electron chi connectivity index (χ3n) is 12.6. The van der Waals surface area contributed by atoms with Gasteiger partial charge in [-0.15, -0.1) is 0 Å². The number of methoxy groups -OCH3 is 2. The molecule has 3 saturated heterocycles. The van der Waals surface area contributed by atoms with Crippen LogP contribution in [0.2, 0.25) is 0 Å². The van der Waals surface area contributed by atoms with Crippen LogP contribution in [0.3, 0.4) is 0 Å². The van der Waals surface area contributed by atoms with Gasteiger partial charge in [-0.1, -0.05) is 32.9 Å². The van der Waals surface area contributed by atoms with E-state index in [0.717, 1.165) is 0 Å². The van der Waals surface area contributed by atoms with Crippen LogP contribution in [0.25, 0.3) is 0 Å². The summed E-state index contributed by atoms with van der Waals surface area (Å²) in [5.74, 6) is -4.14. The number of aliphatic hydroxyl groups excluding tert-OH is 3. The molecule has 340 valence electrons. The van der Waals surface area contributed by atoms with Gasteiger partial charge in [-0.2, -0.15) is 0 Å². The number of aliphatic hydroxyl groups is 5. The van der Waals surface area contributed by atoms with E-state index in [9.17, 15) is 30.3 Å². The van der Waals surface area contributed by atoms with Gasteiger partial charge >= 0.3 is 5.97 Å². The minimum atomic E-state index is -1.97. The highest BCUT2D eigenvalue weighted by Gasteiger charge is 2.53. The van der Waals surface area contributed by atoms with E-state index in [2.05, 4.69) is 5.16 Å². The summed E-state index contributed by atoms with van der Waals surface area (Å²) in [7, 11) is 6.76. The lowest BCUT2D eigenvalue weighted by molar-refractivity contribution is -0.317. The van der Waals surface area contributed by atoms with Crippen molar-refractivity contribution in [3.05, 3.63) is 0 Å². The molecule has 0 radical (unpaired) electrons. The summed E-state index contributed by atoms with van der Waals surface area (Å²) in [5.41, 5.74) is -4.49. The van der Waals surface area contributed by atoms with Crippen molar-refractivity contribution in [3.63, 3.8) is 0 Å². The van der Waals surface area contributed by atoms with Crippen LogP contribution >= 0.6 is 0 Å². The summed E-state index contributed by atoms with van der Waals surface area (Å²) in [5, 5.41) is 63.6. The zero-order valence-corrected chi connectivity index (χ0v) is 37.3. The third kappa shape index (κ3) is 12.1. The van der Waals surface area contributed by atoms with E-state index in [1.165, 1.54) is 14.0 Å². The molecule has 5 N–H and O–H groups in total. The van der Waals surface area contributed by atoms with E-state index in [4.69, 9.17) is 42.7 Å². The molecule has 0 aromatic carbocycles. The average molecular weight is 837 g/mol. The van der Waals surface area contributed by atoms with E-state index in [0.29, 0.717) is 18.7 Å². The van der Waals surface area contributed by atoms with E-state index < -0.39 is 102 Å². The topological polar surface area (TPSA) is 217 Å². The van der Waals surface area contributed by atoms with Crippen LogP contribution < -0.4 is 0 Å². The molecule has 3 aliphatic heterocycles. The Bertz CT molecular complexity index is 1300. The number of oxime groups is 1. The number of nitrogens with zero attached hydrogens (tertiary/aromatic N) is 2. The van der Waals surface area contributed by atoms with E-state index in [1.54, 1.807) is 55.6 Å². The number of hydrogen-bond acceptors (Lipinski definition) is 17. The van der Waals surface area contributed by atoms with E-state index >= 15 is 0 Å². The van der Waals surface area contributed by atoms with Crippen molar-refractivity contribution in [3.8, 4) is 0 Å². The van der Waals surface area contributed by atoms with Crippen LogP contribution in [-0.4, -0.2) is 175 Å².